The van der Waals surface area contributed by atoms with Crippen LogP contribution >= 0.6 is 23.4 Å². The standard InChI is InChI=1S/C14H20ClNOS/c1-4-12-14(16-5-2)13-9(8-18-12)11(17-3)7-6-10(13)15/h6-7,12,14,16H,4-5,8H2,1-3H3. The summed E-state index contributed by atoms with van der Waals surface area (Å²) in [6.07, 6.45) is 1.15. The lowest BCUT2D eigenvalue weighted by atomic mass is 9.95. The SMILES string of the molecule is CCNC1c2c(Cl)ccc(OC)c2CSC1CC. The lowest BCUT2D eigenvalue weighted by molar-refractivity contribution is 0.407. The molecule has 100 valence electrons. The molecule has 0 aromatic heterocycles. The summed E-state index contributed by atoms with van der Waals surface area (Å²) in [5.41, 5.74) is 2.49. The van der Waals surface area contributed by atoms with Crippen molar-refractivity contribution in [1.82, 2.24) is 5.32 Å². The van der Waals surface area contributed by atoms with Crippen molar-refractivity contribution in [2.24, 2.45) is 0 Å². The van der Waals surface area contributed by atoms with Crippen LogP contribution in [0.25, 0.3) is 0 Å². The molecule has 1 heterocycles. The van der Waals surface area contributed by atoms with Crippen LogP contribution in [0.1, 0.15) is 37.4 Å². The summed E-state index contributed by atoms with van der Waals surface area (Å²) in [4.78, 5) is 0. The molecule has 1 aliphatic rings. The summed E-state index contributed by atoms with van der Waals surface area (Å²) in [5.74, 6) is 1.94. The first kappa shape index (κ1) is 14.0. The fourth-order valence-corrected chi connectivity index (χ4v) is 4.21. The van der Waals surface area contributed by atoms with Crippen LogP contribution in [0, 0.1) is 0 Å². The van der Waals surface area contributed by atoms with E-state index >= 15 is 0 Å². The van der Waals surface area contributed by atoms with E-state index in [4.69, 9.17) is 16.3 Å². The molecular formula is C14H20ClNOS. The first-order valence-electron chi connectivity index (χ1n) is 6.43. The quantitative estimate of drug-likeness (QED) is 0.903. The van der Waals surface area contributed by atoms with Gasteiger partial charge in [0.1, 0.15) is 5.75 Å². The van der Waals surface area contributed by atoms with Crippen molar-refractivity contribution in [2.75, 3.05) is 13.7 Å². The van der Waals surface area contributed by atoms with Gasteiger partial charge >= 0.3 is 0 Å². The smallest absolute Gasteiger partial charge is 0.123 e. The summed E-state index contributed by atoms with van der Waals surface area (Å²) < 4.78 is 5.46. The van der Waals surface area contributed by atoms with E-state index in [2.05, 4.69) is 19.2 Å². The van der Waals surface area contributed by atoms with Crippen LogP contribution < -0.4 is 10.1 Å². The number of benzene rings is 1. The van der Waals surface area contributed by atoms with Gasteiger partial charge in [-0.2, -0.15) is 11.8 Å². The number of thioether (sulfide) groups is 1. The highest BCUT2D eigenvalue weighted by Gasteiger charge is 2.32. The van der Waals surface area contributed by atoms with Gasteiger partial charge in [-0.3, -0.25) is 0 Å². The van der Waals surface area contributed by atoms with E-state index in [1.54, 1.807) is 7.11 Å². The van der Waals surface area contributed by atoms with Gasteiger partial charge in [0, 0.05) is 27.6 Å². The number of hydrogen-bond acceptors (Lipinski definition) is 3. The molecule has 1 aliphatic heterocycles. The van der Waals surface area contributed by atoms with Gasteiger partial charge in [0.15, 0.2) is 0 Å². The summed E-state index contributed by atoms with van der Waals surface area (Å²) in [7, 11) is 1.72. The van der Waals surface area contributed by atoms with Gasteiger partial charge in [0.05, 0.1) is 7.11 Å². The average Bonchev–Trinajstić information content (AvgIpc) is 2.39. The number of fused-ring (bicyclic) bond motifs is 1. The Kier molecular flexibility index (Phi) is 4.82. The summed E-state index contributed by atoms with van der Waals surface area (Å²) in [6.45, 7) is 5.33. The maximum atomic E-state index is 6.42. The molecule has 2 unspecified atom stereocenters. The number of nitrogens with one attached hydrogen (secondary N) is 1. The number of ether oxygens (including phenoxy) is 1. The van der Waals surface area contributed by atoms with E-state index in [1.165, 1.54) is 11.1 Å². The summed E-state index contributed by atoms with van der Waals surface area (Å²) in [5, 5.41) is 5.02. The van der Waals surface area contributed by atoms with E-state index in [-0.39, 0.29) is 0 Å². The van der Waals surface area contributed by atoms with E-state index in [1.807, 2.05) is 23.9 Å². The Balaban J connectivity index is 2.48. The van der Waals surface area contributed by atoms with Crippen LogP contribution in [0.3, 0.4) is 0 Å². The number of hydrogen-bond donors (Lipinski definition) is 1. The lowest BCUT2D eigenvalue weighted by Gasteiger charge is -2.34. The molecule has 4 heteroatoms. The highest BCUT2D eigenvalue weighted by atomic mass is 35.5. The maximum Gasteiger partial charge on any atom is 0.123 e. The van der Waals surface area contributed by atoms with E-state index in [0.717, 1.165) is 29.5 Å². The largest absolute Gasteiger partial charge is 0.496 e. The monoisotopic (exact) mass is 285 g/mol. The van der Waals surface area contributed by atoms with Crippen LogP contribution in [0.15, 0.2) is 12.1 Å². The van der Waals surface area contributed by atoms with Gasteiger partial charge in [-0.05, 0) is 30.7 Å². The number of rotatable bonds is 4. The van der Waals surface area contributed by atoms with Gasteiger partial charge in [0.25, 0.3) is 0 Å². The molecule has 2 rings (SSSR count). The Morgan fingerprint density at radius 2 is 2.22 bits per heavy atom. The van der Waals surface area contributed by atoms with Crippen molar-refractivity contribution >= 4 is 23.4 Å². The van der Waals surface area contributed by atoms with Gasteiger partial charge in [-0.1, -0.05) is 25.4 Å². The molecule has 0 bridgehead atoms. The highest BCUT2D eigenvalue weighted by molar-refractivity contribution is 7.99. The van der Waals surface area contributed by atoms with Crippen LogP contribution in [0.5, 0.6) is 5.75 Å². The van der Waals surface area contributed by atoms with Crippen molar-refractivity contribution in [3.05, 3.63) is 28.3 Å². The normalized spacial score (nSPS) is 22.7. The molecule has 1 aromatic rings. The second kappa shape index (κ2) is 6.18. The summed E-state index contributed by atoms with van der Waals surface area (Å²) >= 11 is 8.41. The highest BCUT2D eigenvalue weighted by Crippen LogP contribution is 2.45. The van der Waals surface area contributed by atoms with Crippen LogP contribution in [-0.2, 0) is 5.75 Å². The minimum Gasteiger partial charge on any atom is -0.496 e. The maximum absolute atomic E-state index is 6.42. The zero-order chi connectivity index (χ0) is 13.1. The second-order valence-electron chi connectivity index (χ2n) is 4.43. The molecule has 0 radical (unpaired) electrons. The van der Waals surface area contributed by atoms with Gasteiger partial charge < -0.3 is 10.1 Å². The van der Waals surface area contributed by atoms with Gasteiger partial charge in [-0.15, -0.1) is 0 Å². The Morgan fingerprint density at radius 1 is 1.44 bits per heavy atom. The number of methoxy groups -OCH3 is 1. The Labute approximate surface area is 118 Å². The van der Waals surface area contributed by atoms with Crippen molar-refractivity contribution in [1.29, 1.82) is 0 Å². The molecule has 2 nitrogen and oxygen atoms in total. The number of halogens is 1. The minimum atomic E-state index is 0.330. The van der Waals surface area contributed by atoms with Gasteiger partial charge in [-0.25, -0.2) is 0 Å². The topological polar surface area (TPSA) is 21.3 Å². The van der Waals surface area contributed by atoms with E-state index < -0.39 is 0 Å². The zero-order valence-corrected chi connectivity index (χ0v) is 12.7. The van der Waals surface area contributed by atoms with Crippen LogP contribution in [0.4, 0.5) is 0 Å². The first-order chi connectivity index (χ1) is 8.72. The van der Waals surface area contributed by atoms with Gasteiger partial charge in [0.2, 0.25) is 0 Å². The second-order valence-corrected chi connectivity index (χ2v) is 6.07. The lowest BCUT2D eigenvalue weighted by Crippen LogP contribution is -2.33. The molecule has 18 heavy (non-hydrogen) atoms. The fourth-order valence-electron chi connectivity index (χ4n) is 2.57. The zero-order valence-electron chi connectivity index (χ0n) is 11.1. The third-order valence-electron chi connectivity index (χ3n) is 3.43. The van der Waals surface area contributed by atoms with Crippen LogP contribution in [0.2, 0.25) is 5.02 Å². The van der Waals surface area contributed by atoms with E-state index in [9.17, 15) is 0 Å². The minimum absolute atomic E-state index is 0.330. The molecule has 2 atom stereocenters. The molecule has 0 saturated heterocycles. The molecule has 1 aromatic carbocycles. The third-order valence-corrected chi connectivity index (χ3v) is 5.25. The molecule has 0 fully saturated rings. The van der Waals surface area contributed by atoms with E-state index in [0.29, 0.717) is 11.3 Å². The fraction of sp³-hybridized carbons (Fsp3) is 0.571. The van der Waals surface area contributed by atoms with Crippen molar-refractivity contribution < 1.29 is 4.74 Å². The Bertz CT molecular complexity index is 425. The van der Waals surface area contributed by atoms with Crippen LogP contribution in [-0.4, -0.2) is 18.9 Å². The first-order valence-corrected chi connectivity index (χ1v) is 7.85. The molecule has 0 saturated carbocycles. The van der Waals surface area contributed by atoms with Crippen molar-refractivity contribution in [3.63, 3.8) is 0 Å². The Morgan fingerprint density at radius 3 is 2.83 bits per heavy atom. The predicted molar refractivity (Wildman–Crippen MR) is 79.8 cm³/mol. The molecule has 0 amide bonds. The Hall–Kier alpha value is -0.380. The molecular weight excluding hydrogens is 266 g/mol. The average molecular weight is 286 g/mol. The third kappa shape index (κ3) is 2.49. The summed E-state index contributed by atoms with van der Waals surface area (Å²) in [6, 6.07) is 4.25. The predicted octanol–water partition coefficient (Wildman–Crippen LogP) is 4.02. The van der Waals surface area contributed by atoms with Crippen molar-refractivity contribution in [2.45, 2.75) is 37.3 Å². The van der Waals surface area contributed by atoms with Crippen molar-refractivity contribution in [3.8, 4) is 5.75 Å². The molecule has 0 aliphatic carbocycles. The molecule has 1 N–H and O–H groups in total. The molecule has 0 spiro atoms.